The molecule has 0 saturated carbocycles. The quantitative estimate of drug-likeness (QED) is 0.691. The molecule has 1 N–H and O–H groups in total. The van der Waals surface area contributed by atoms with Crippen LogP contribution in [0.4, 0.5) is 0 Å². The fourth-order valence-corrected chi connectivity index (χ4v) is 4.19. The lowest BCUT2D eigenvalue weighted by molar-refractivity contribution is -0.126. The second-order valence-electron chi connectivity index (χ2n) is 7.17. The van der Waals surface area contributed by atoms with Crippen LogP contribution in [-0.2, 0) is 17.9 Å². The van der Waals surface area contributed by atoms with Crippen LogP contribution in [0.25, 0.3) is 0 Å². The molecule has 1 saturated heterocycles. The van der Waals surface area contributed by atoms with Crippen molar-refractivity contribution in [1.82, 2.24) is 10.2 Å². The zero-order valence-corrected chi connectivity index (χ0v) is 18.2. The van der Waals surface area contributed by atoms with Crippen molar-refractivity contribution in [3.8, 4) is 11.5 Å². The molecule has 1 atom stereocenters. The maximum atomic E-state index is 12.8. The Kier molecular flexibility index (Phi) is 7.64. The summed E-state index contributed by atoms with van der Waals surface area (Å²) in [6, 6.07) is 11.1. The summed E-state index contributed by atoms with van der Waals surface area (Å²) < 4.78 is 10.8. The summed E-state index contributed by atoms with van der Waals surface area (Å²) in [5.74, 6) is 1.39. The average Bonchev–Trinajstić information content (AvgIpc) is 2.73. The molecule has 7 heteroatoms. The monoisotopic (exact) mass is 436 g/mol. The molecule has 156 valence electrons. The van der Waals surface area contributed by atoms with Crippen molar-refractivity contribution in [2.24, 2.45) is 5.92 Å². The third-order valence-electron chi connectivity index (χ3n) is 5.25. The van der Waals surface area contributed by atoms with E-state index in [0.29, 0.717) is 41.2 Å². The van der Waals surface area contributed by atoms with Gasteiger partial charge >= 0.3 is 0 Å². The van der Waals surface area contributed by atoms with Gasteiger partial charge in [-0.25, -0.2) is 0 Å². The van der Waals surface area contributed by atoms with Gasteiger partial charge in [0.05, 0.1) is 32.2 Å². The van der Waals surface area contributed by atoms with Crippen LogP contribution >= 0.6 is 23.2 Å². The van der Waals surface area contributed by atoms with Crippen LogP contribution in [0.5, 0.6) is 11.5 Å². The highest BCUT2D eigenvalue weighted by Gasteiger charge is 2.26. The maximum absolute atomic E-state index is 12.8. The average molecular weight is 437 g/mol. The van der Waals surface area contributed by atoms with Crippen molar-refractivity contribution in [3.05, 3.63) is 57.6 Å². The van der Waals surface area contributed by atoms with Gasteiger partial charge in [0.1, 0.15) is 11.5 Å². The predicted octanol–water partition coefficient (Wildman–Crippen LogP) is 4.54. The Bertz CT molecular complexity index is 838. The van der Waals surface area contributed by atoms with Gasteiger partial charge in [0.25, 0.3) is 0 Å². The van der Waals surface area contributed by atoms with Gasteiger partial charge in [0.2, 0.25) is 5.91 Å². The number of benzene rings is 2. The molecule has 29 heavy (non-hydrogen) atoms. The summed E-state index contributed by atoms with van der Waals surface area (Å²) in [5.41, 5.74) is 1.86. The van der Waals surface area contributed by atoms with E-state index in [9.17, 15) is 4.79 Å². The highest BCUT2D eigenvalue weighted by molar-refractivity contribution is 6.35. The molecule has 1 amide bonds. The number of hydrogen-bond donors (Lipinski definition) is 1. The summed E-state index contributed by atoms with van der Waals surface area (Å²) in [6.45, 7) is 2.72. The minimum atomic E-state index is -0.0597. The number of rotatable bonds is 7. The lowest BCUT2D eigenvalue weighted by Gasteiger charge is -2.32. The van der Waals surface area contributed by atoms with Gasteiger partial charge in [-0.15, -0.1) is 0 Å². The lowest BCUT2D eigenvalue weighted by atomic mass is 9.96. The number of ether oxygens (including phenoxy) is 2. The highest BCUT2D eigenvalue weighted by Crippen LogP contribution is 2.29. The Labute approximate surface area is 181 Å². The van der Waals surface area contributed by atoms with Gasteiger partial charge < -0.3 is 14.8 Å². The minimum Gasteiger partial charge on any atom is -0.496 e. The SMILES string of the molecule is COc1cccc(OC)c1CNC(=O)C1CCCN(Cc2ccc(Cl)cc2Cl)C1. The molecular weight excluding hydrogens is 411 g/mol. The Hall–Kier alpha value is -1.95. The van der Waals surface area contributed by atoms with E-state index in [1.165, 1.54) is 0 Å². The fourth-order valence-electron chi connectivity index (χ4n) is 3.73. The maximum Gasteiger partial charge on any atom is 0.224 e. The molecule has 3 rings (SSSR count). The van der Waals surface area contributed by atoms with E-state index in [2.05, 4.69) is 10.2 Å². The molecule has 1 unspecified atom stereocenters. The lowest BCUT2D eigenvalue weighted by Crippen LogP contribution is -2.42. The third-order valence-corrected chi connectivity index (χ3v) is 5.84. The normalized spacial score (nSPS) is 17.0. The third kappa shape index (κ3) is 5.56. The molecule has 1 aliphatic rings. The van der Waals surface area contributed by atoms with Crippen LogP contribution in [0.2, 0.25) is 10.0 Å². The Morgan fingerprint density at radius 3 is 2.55 bits per heavy atom. The molecule has 1 heterocycles. The number of piperidine rings is 1. The minimum absolute atomic E-state index is 0.0462. The summed E-state index contributed by atoms with van der Waals surface area (Å²) in [5, 5.41) is 4.34. The van der Waals surface area contributed by atoms with Crippen LogP contribution in [0, 0.1) is 5.92 Å². The smallest absolute Gasteiger partial charge is 0.224 e. The molecule has 1 fully saturated rings. The van der Waals surface area contributed by atoms with E-state index in [1.54, 1.807) is 20.3 Å². The summed E-state index contributed by atoms with van der Waals surface area (Å²) in [4.78, 5) is 15.1. The first-order valence-electron chi connectivity index (χ1n) is 9.65. The first-order valence-corrected chi connectivity index (χ1v) is 10.4. The van der Waals surface area contributed by atoms with Crippen molar-refractivity contribution in [2.75, 3.05) is 27.3 Å². The second-order valence-corrected chi connectivity index (χ2v) is 8.01. The molecule has 0 aliphatic carbocycles. The summed E-state index contributed by atoms with van der Waals surface area (Å²) in [6.07, 6.45) is 1.85. The first-order chi connectivity index (χ1) is 14.0. The number of hydrogen-bond acceptors (Lipinski definition) is 4. The zero-order valence-electron chi connectivity index (χ0n) is 16.7. The molecule has 0 radical (unpaired) electrons. The van der Waals surface area contributed by atoms with E-state index in [-0.39, 0.29) is 11.8 Å². The molecule has 1 aliphatic heterocycles. The molecular formula is C22H26Cl2N2O3. The van der Waals surface area contributed by atoms with Crippen LogP contribution in [-0.4, -0.2) is 38.1 Å². The van der Waals surface area contributed by atoms with Crippen molar-refractivity contribution < 1.29 is 14.3 Å². The van der Waals surface area contributed by atoms with E-state index in [4.69, 9.17) is 32.7 Å². The van der Waals surface area contributed by atoms with Crippen LogP contribution < -0.4 is 14.8 Å². The zero-order chi connectivity index (χ0) is 20.8. The van der Waals surface area contributed by atoms with Gasteiger partial charge in [0.15, 0.2) is 0 Å². The molecule has 5 nitrogen and oxygen atoms in total. The van der Waals surface area contributed by atoms with E-state index >= 15 is 0 Å². The first kappa shape index (κ1) is 21.8. The topological polar surface area (TPSA) is 50.8 Å². The number of amides is 1. The molecule has 0 spiro atoms. The molecule has 0 bridgehead atoms. The molecule has 2 aromatic rings. The van der Waals surface area contributed by atoms with Gasteiger partial charge in [-0.3, -0.25) is 9.69 Å². The van der Waals surface area contributed by atoms with Gasteiger partial charge in [0, 0.05) is 23.1 Å². The largest absolute Gasteiger partial charge is 0.496 e. The highest BCUT2D eigenvalue weighted by atomic mass is 35.5. The number of halogens is 2. The van der Waals surface area contributed by atoms with E-state index in [0.717, 1.165) is 30.5 Å². The predicted molar refractivity (Wildman–Crippen MR) is 116 cm³/mol. The number of likely N-dealkylation sites (tertiary alicyclic amines) is 1. The van der Waals surface area contributed by atoms with Crippen LogP contribution in [0.15, 0.2) is 36.4 Å². The van der Waals surface area contributed by atoms with E-state index < -0.39 is 0 Å². The number of nitrogens with zero attached hydrogens (tertiary/aromatic N) is 1. The molecule has 2 aromatic carbocycles. The van der Waals surface area contributed by atoms with Crippen molar-refractivity contribution >= 4 is 29.1 Å². The standard InChI is InChI=1S/C22H26Cl2N2O3/c1-28-20-6-3-7-21(29-2)18(20)12-25-22(27)16-5-4-10-26(14-16)13-15-8-9-17(23)11-19(15)24/h3,6-9,11,16H,4-5,10,12-14H2,1-2H3,(H,25,27). The van der Waals surface area contributed by atoms with Crippen molar-refractivity contribution in [3.63, 3.8) is 0 Å². The van der Waals surface area contributed by atoms with Crippen molar-refractivity contribution in [1.29, 1.82) is 0 Å². The number of methoxy groups -OCH3 is 2. The molecule has 0 aromatic heterocycles. The second kappa shape index (κ2) is 10.2. The summed E-state index contributed by atoms with van der Waals surface area (Å²) in [7, 11) is 3.22. The summed E-state index contributed by atoms with van der Waals surface area (Å²) >= 11 is 12.3. The number of nitrogens with one attached hydrogen (secondary N) is 1. The number of carbonyl (C=O) groups excluding carboxylic acids is 1. The Morgan fingerprint density at radius 1 is 1.17 bits per heavy atom. The van der Waals surface area contributed by atoms with Gasteiger partial charge in [-0.2, -0.15) is 0 Å². The van der Waals surface area contributed by atoms with Crippen molar-refractivity contribution in [2.45, 2.75) is 25.9 Å². The number of carbonyl (C=O) groups is 1. The van der Waals surface area contributed by atoms with Gasteiger partial charge in [-0.1, -0.05) is 35.3 Å². The van der Waals surface area contributed by atoms with Crippen LogP contribution in [0.3, 0.4) is 0 Å². The Morgan fingerprint density at radius 2 is 1.90 bits per heavy atom. The fraction of sp³-hybridized carbons (Fsp3) is 0.409. The van der Waals surface area contributed by atoms with Crippen LogP contribution in [0.1, 0.15) is 24.0 Å². The van der Waals surface area contributed by atoms with E-state index in [1.807, 2.05) is 30.3 Å². The Balaban J connectivity index is 1.60. The van der Waals surface area contributed by atoms with Gasteiger partial charge in [-0.05, 0) is 49.2 Å².